The normalized spacial score (nSPS) is 10.6. The summed E-state index contributed by atoms with van der Waals surface area (Å²) in [5.41, 5.74) is 0. The largest absolute Gasteiger partial charge is 1.00 e. The topological polar surface area (TPSA) is 120 Å². The van der Waals surface area contributed by atoms with Crippen LogP contribution in [0.15, 0.2) is 0 Å². The Hall–Kier alpha value is 1.41. The molecule has 0 amide bonds. The van der Waals surface area contributed by atoms with Crippen molar-refractivity contribution in [1.82, 2.24) is 0 Å². The van der Waals surface area contributed by atoms with Crippen molar-refractivity contribution < 1.29 is 118 Å². The first kappa shape index (κ1) is 75.9. The number of hydrogen-bond acceptors (Lipinski definition) is 6. The van der Waals surface area contributed by atoms with Gasteiger partial charge in [-0.2, -0.15) is 0 Å². The molecule has 0 rings (SSSR count). The molecule has 0 aromatic heterocycles. The summed E-state index contributed by atoms with van der Waals surface area (Å²) < 4.78 is 0. The molecule has 0 heterocycles. The van der Waals surface area contributed by atoms with Crippen LogP contribution in [-0.4, -0.2) is 17.9 Å². The van der Waals surface area contributed by atoms with Crippen molar-refractivity contribution >= 4 is 17.9 Å². The second-order valence-electron chi connectivity index (χ2n) is 19.6. The van der Waals surface area contributed by atoms with Gasteiger partial charge in [0, 0.05) is 17.9 Å². The van der Waals surface area contributed by atoms with Crippen LogP contribution in [0.5, 0.6) is 0 Å². The summed E-state index contributed by atoms with van der Waals surface area (Å²) >= 11 is 0. The third kappa shape index (κ3) is 87.1. The molecule has 0 aromatic carbocycles. The molecule has 0 aliphatic carbocycles. The fourth-order valence-corrected chi connectivity index (χ4v) is 7.77. The van der Waals surface area contributed by atoms with Gasteiger partial charge >= 0.3 is 88.7 Å². The van der Waals surface area contributed by atoms with E-state index in [0.29, 0.717) is 0 Å². The van der Waals surface area contributed by atoms with Gasteiger partial charge in [-0.25, -0.2) is 0 Å². The molecule has 0 bridgehead atoms. The molecule has 0 unspecified atom stereocenters. The number of hydrogen-bond donors (Lipinski definition) is 0. The van der Waals surface area contributed by atoms with Gasteiger partial charge in [0.1, 0.15) is 0 Å². The van der Waals surface area contributed by atoms with E-state index in [4.69, 9.17) is 0 Å². The number of carboxylic acids is 3. The number of carbonyl (C=O) groups excluding carboxylic acids is 3. The van der Waals surface area contributed by atoms with Crippen LogP contribution in [0.3, 0.4) is 0 Å². The summed E-state index contributed by atoms with van der Waals surface area (Å²) in [5.74, 6) is -0.125. The first-order valence-corrected chi connectivity index (χ1v) is 26.5. The molecule has 0 saturated carbocycles. The molecule has 9 heteroatoms. The van der Waals surface area contributed by atoms with E-state index in [0.717, 1.165) is 56.3 Å². The Kier molecular flexibility index (Phi) is 78.9. The van der Waals surface area contributed by atoms with Gasteiger partial charge in [0.2, 0.25) is 0 Å². The number of rotatable bonds is 45. The summed E-state index contributed by atoms with van der Waals surface area (Å²) in [6.45, 7) is 13.8. The molecule has 0 spiro atoms. The molecular formula is C54H105Na3O6. The van der Waals surface area contributed by atoms with E-state index < -0.39 is 17.9 Å². The quantitative estimate of drug-likeness (QED) is 0.0583. The first-order chi connectivity index (χ1) is 28.9. The van der Waals surface area contributed by atoms with Crippen LogP contribution < -0.4 is 104 Å². The van der Waals surface area contributed by atoms with Gasteiger partial charge in [-0.3, -0.25) is 0 Å². The SMILES string of the molecule is CC(C)CCCCCCCCCCCCCCC(=O)[O-].CC(C)CCCCCCCCCCCCCCC(=O)[O-].CC(C)CCCCCCCCCCCCCCC(=O)[O-].[Na+].[Na+].[Na+]. The van der Waals surface area contributed by atoms with Gasteiger partial charge < -0.3 is 29.7 Å². The zero-order valence-corrected chi connectivity index (χ0v) is 50.4. The Morgan fingerprint density at radius 1 is 0.238 bits per heavy atom. The minimum Gasteiger partial charge on any atom is -0.550 e. The molecule has 0 fully saturated rings. The molecule has 360 valence electrons. The number of carbonyl (C=O) groups is 3. The number of carboxylic acid groups (broad SMARTS) is 3. The third-order valence-electron chi connectivity index (χ3n) is 11.7. The van der Waals surface area contributed by atoms with Crippen LogP contribution in [0.4, 0.5) is 0 Å². The van der Waals surface area contributed by atoms with Crippen LogP contribution in [-0.2, 0) is 14.4 Å². The van der Waals surface area contributed by atoms with E-state index in [1.807, 2.05) is 0 Å². The second kappa shape index (κ2) is 65.5. The maximum Gasteiger partial charge on any atom is 1.00 e. The van der Waals surface area contributed by atoms with Gasteiger partial charge in [0.25, 0.3) is 0 Å². The van der Waals surface area contributed by atoms with E-state index in [-0.39, 0.29) is 108 Å². The van der Waals surface area contributed by atoms with Crippen LogP contribution in [0.2, 0.25) is 0 Å². The monoisotopic (exact) mass is 919 g/mol. The molecule has 0 aliphatic rings. The molecule has 0 saturated heterocycles. The summed E-state index contributed by atoms with van der Waals surface area (Å²) in [4.78, 5) is 30.7. The summed E-state index contributed by atoms with van der Waals surface area (Å²) in [7, 11) is 0. The van der Waals surface area contributed by atoms with E-state index in [2.05, 4.69) is 41.5 Å². The first-order valence-electron chi connectivity index (χ1n) is 26.5. The van der Waals surface area contributed by atoms with Crippen molar-refractivity contribution in [3.05, 3.63) is 0 Å². The van der Waals surface area contributed by atoms with Gasteiger partial charge in [-0.15, -0.1) is 0 Å². The summed E-state index contributed by atoms with van der Waals surface area (Å²) in [6, 6.07) is 0. The minimum atomic E-state index is -0.904. The minimum absolute atomic E-state index is 0. The van der Waals surface area contributed by atoms with Crippen molar-refractivity contribution in [2.75, 3.05) is 0 Å². The molecule has 0 aliphatic heterocycles. The van der Waals surface area contributed by atoms with Crippen molar-refractivity contribution in [2.24, 2.45) is 17.8 Å². The van der Waals surface area contributed by atoms with Crippen LogP contribution >= 0.6 is 0 Å². The fraction of sp³-hybridized carbons (Fsp3) is 0.944. The van der Waals surface area contributed by atoms with E-state index in [1.54, 1.807) is 0 Å². The zero-order valence-electron chi connectivity index (χ0n) is 44.4. The molecule has 0 radical (unpaired) electrons. The van der Waals surface area contributed by atoms with Crippen molar-refractivity contribution in [3.63, 3.8) is 0 Å². The average Bonchev–Trinajstić information content (AvgIpc) is 3.18. The van der Waals surface area contributed by atoms with E-state index in [9.17, 15) is 29.7 Å². The van der Waals surface area contributed by atoms with Gasteiger partial charge in [0.15, 0.2) is 0 Å². The fourth-order valence-electron chi connectivity index (χ4n) is 7.77. The average molecular weight is 919 g/mol. The Labute approximate surface area is 460 Å². The van der Waals surface area contributed by atoms with Gasteiger partial charge in [-0.05, 0) is 56.3 Å². The van der Waals surface area contributed by atoms with Crippen molar-refractivity contribution in [3.8, 4) is 0 Å². The third-order valence-corrected chi connectivity index (χ3v) is 11.7. The molecule has 63 heavy (non-hydrogen) atoms. The molecule has 0 aromatic rings. The van der Waals surface area contributed by atoms with Crippen LogP contribution in [0.25, 0.3) is 0 Å². The second-order valence-corrected chi connectivity index (χ2v) is 19.6. The van der Waals surface area contributed by atoms with Crippen molar-refractivity contribution in [1.29, 1.82) is 0 Å². The number of aliphatic carboxylic acids is 3. The maximum atomic E-state index is 10.2. The molecular weight excluding hydrogens is 814 g/mol. The predicted molar refractivity (Wildman–Crippen MR) is 253 cm³/mol. The predicted octanol–water partition coefficient (Wildman–Crippen LogP) is 5.57. The van der Waals surface area contributed by atoms with Gasteiger partial charge in [0.05, 0.1) is 0 Å². The van der Waals surface area contributed by atoms with E-state index >= 15 is 0 Å². The van der Waals surface area contributed by atoms with Gasteiger partial charge in [-0.1, -0.05) is 273 Å². The Bertz CT molecular complexity index is 761. The maximum absolute atomic E-state index is 10.2. The molecule has 0 atom stereocenters. The zero-order chi connectivity index (χ0) is 45.2. The Morgan fingerprint density at radius 3 is 0.460 bits per heavy atom. The van der Waals surface area contributed by atoms with Crippen LogP contribution in [0, 0.1) is 17.8 Å². The molecule has 6 nitrogen and oxygen atoms in total. The van der Waals surface area contributed by atoms with E-state index in [1.165, 1.54) is 212 Å². The Morgan fingerprint density at radius 2 is 0.349 bits per heavy atom. The van der Waals surface area contributed by atoms with Crippen LogP contribution in [0.1, 0.15) is 311 Å². The van der Waals surface area contributed by atoms with Crippen molar-refractivity contribution in [2.45, 2.75) is 311 Å². The summed E-state index contributed by atoms with van der Waals surface area (Å²) in [5, 5.41) is 30.7. The summed E-state index contributed by atoms with van der Waals surface area (Å²) in [6.07, 6.45) is 51.0. The molecule has 0 N–H and O–H groups in total. The standard InChI is InChI=1S/3C18H36O2.3Na/c3*1-17(2)15-13-11-9-7-5-3-4-6-8-10-12-14-16-18(19)20;;;/h3*17H,3-16H2,1-2H3,(H,19,20);;;/q;;;3*+1/p-3. The Balaban J connectivity index is -0.000000189. The number of unbranched alkanes of at least 4 members (excludes halogenated alkanes) is 33. The smallest absolute Gasteiger partial charge is 0.550 e.